The molecule has 1 heterocycles. The molecule has 1 N–H and O–H groups in total. The molecule has 0 radical (unpaired) electrons. The first-order valence-electron chi connectivity index (χ1n) is 9.38. The molecule has 0 aliphatic carbocycles. The number of hydrogen-bond acceptors (Lipinski definition) is 4. The lowest BCUT2D eigenvalue weighted by Gasteiger charge is -2.26. The van der Waals surface area contributed by atoms with E-state index in [1.807, 2.05) is 48.5 Å². The largest absolute Gasteiger partial charge is 0.487 e. The van der Waals surface area contributed by atoms with Gasteiger partial charge in [0.15, 0.2) is 0 Å². The van der Waals surface area contributed by atoms with Gasteiger partial charge in [0.05, 0.1) is 11.0 Å². The van der Waals surface area contributed by atoms with E-state index in [0.717, 1.165) is 15.6 Å². The van der Waals surface area contributed by atoms with Crippen molar-refractivity contribution in [2.45, 2.75) is 44.9 Å². The van der Waals surface area contributed by atoms with Crippen LogP contribution in [-0.2, 0) is 9.53 Å². The Labute approximate surface area is 178 Å². The van der Waals surface area contributed by atoms with Crippen LogP contribution < -0.4 is 4.74 Å². The molecule has 7 heteroatoms. The van der Waals surface area contributed by atoms with E-state index in [0.29, 0.717) is 5.75 Å². The van der Waals surface area contributed by atoms with Crippen LogP contribution >= 0.6 is 15.9 Å². The monoisotopic (exact) mass is 461 g/mol. The molecule has 0 spiro atoms. The number of carbonyl (C=O) groups excluding carboxylic acids is 1. The van der Waals surface area contributed by atoms with Gasteiger partial charge in [-0.15, -0.1) is 0 Å². The van der Waals surface area contributed by atoms with Crippen molar-refractivity contribution in [3.8, 4) is 16.9 Å². The summed E-state index contributed by atoms with van der Waals surface area (Å²) >= 11 is 3.53. The van der Waals surface area contributed by atoms with Crippen molar-refractivity contribution in [1.29, 1.82) is 0 Å². The molecule has 29 heavy (non-hydrogen) atoms. The van der Waals surface area contributed by atoms with Gasteiger partial charge in [0, 0.05) is 6.42 Å². The van der Waals surface area contributed by atoms with Gasteiger partial charge in [0.25, 0.3) is 0 Å². The van der Waals surface area contributed by atoms with E-state index in [2.05, 4.69) is 15.9 Å². The predicted octanol–water partition coefficient (Wildman–Crippen LogP) is 4.96. The standard InChI is InChI=1S/C22H24BrNO5/c1-22(2,3)29-21(27)24-13-16(12-18(24)20(25)26)28-19-10-9-15(11-17(19)23)14-7-5-4-6-8-14/h4-11,16,18H,12-13H2,1-3H3,(H,25,26). The molecule has 2 aromatic carbocycles. The van der Waals surface area contributed by atoms with Crippen molar-refractivity contribution in [3.63, 3.8) is 0 Å². The van der Waals surface area contributed by atoms with Crippen molar-refractivity contribution in [1.82, 2.24) is 4.90 Å². The van der Waals surface area contributed by atoms with E-state index >= 15 is 0 Å². The average Bonchev–Trinajstić information content (AvgIpc) is 3.07. The molecule has 1 fully saturated rings. The first-order valence-corrected chi connectivity index (χ1v) is 10.2. The maximum absolute atomic E-state index is 12.4. The highest BCUT2D eigenvalue weighted by molar-refractivity contribution is 9.10. The number of nitrogens with zero attached hydrogens (tertiary/aromatic N) is 1. The minimum absolute atomic E-state index is 0.152. The summed E-state index contributed by atoms with van der Waals surface area (Å²) in [5.41, 5.74) is 1.42. The number of aliphatic carboxylic acids is 1. The minimum Gasteiger partial charge on any atom is -0.487 e. The van der Waals surface area contributed by atoms with Gasteiger partial charge in [0.1, 0.15) is 23.5 Å². The first-order chi connectivity index (χ1) is 13.6. The second-order valence-electron chi connectivity index (χ2n) is 7.97. The molecule has 3 rings (SSSR count). The van der Waals surface area contributed by atoms with Gasteiger partial charge in [0.2, 0.25) is 0 Å². The summed E-state index contributed by atoms with van der Waals surface area (Å²) in [5.74, 6) is -0.467. The molecule has 1 aliphatic heterocycles. The number of benzene rings is 2. The maximum Gasteiger partial charge on any atom is 0.411 e. The van der Waals surface area contributed by atoms with Crippen LogP contribution in [-0.4, -0.2) is 46.4 Å². The van der Waals surface area contributed by atoms with Crippen molar-refractivity contribution in [2.24, 2.45) is 0 Å². The number of amides is 1. The van der Waals surface area contributed by atoms with Crippen molar-refractivity contribution >= 4 is 28.0 Å². The van der Waals surface area contributed by atoms with Gasteiger partial charge in [-0.3, -0.25) is 4.90 Å². The van der Waals surface area contributed by atoms with Crippen LogP contribution in [0.5, 0.6) is 5.75 Å². The van der Waals surface area contributed by atoms with Crippen molar-refractivity contribution < 1.29 is 24.2 Å². The number of hydrogen-bond donors (Lipinski definition) is 1. The van der Waals surface area contributed by atoms with Gasteiger partial charge in [-0.05, 0) is 60.0 Å². The molecule has 2 unspecified atom stereocenters. The second-order valence-corrected chi connectivity index (χ2v) is 8.83. The summed E-state index contributed by atoms with van der Waals surface area (Å²) < 4.78 is 12.1. The highest BCUT2D eigenvalue weighted by Gasteiger charge is 2.42. The Balaban J connectivity index is 1.73. The topological polar surface area (TPSA) is 76.1 Å². The lowest BCUT2D eigenvalue weighted by atomic mass is 10.1. The van der Waals surface area contributed by atoms with Gasteiger partial charge in [-0.25, -0.2) is 9.59 Å². The summed E-state index contributed by atoms with van der Waals surface area (Å²) in [4.78, 5) is 25.3. The van der Waals surface area contributed by atoms with Gasteiger partial charge in [-0.1, -0.05) is 36.4 Å². The van der Waals surface area contributed by atoms with Gasteiger partial charge in [-0.2, -0.15) is 0 Å². The summed E-state index contributed by atoms with van der Waals surface area (Å²) in [6.45, 7) is 5.39. The Bertz CT molecular complexity index is 894. The van der Waals surface area contributed by atoms with Crippen LogP contribution in [0.3, 0.4) is 0 Å². The molecular weight excluding hydrogens is 438 g/mol. The van der Waals surface area contributed by atoms with Crippen molar-refractivity contribution in [3.05, 3.63) is 53.0 Å². The lowest BCUT2D eigenvalue weighted by molar-refractivity contribution is -0.142. The number of rotatable bonds is 4. The molecule has 1 aliphatic rings. The third-order valence-corrected chi connectivity index (χ3v) is 5.13. The van der Waals surface area contributed by atoms with Crippen LogP contribution in [0, 0.1) is 0 Å². The smallest absolute Gasteiger partial charge is 0.411 e. The normalized spacial score (nSPS) is 19.1. The zero-order valence-corrected chi connectivity index (χ0v) is 18.2. The summed E-state index contributed by atoms with van der Waals surface area (Å²) in [6, 6.07) is 14.7. The molecule has 1 saturated heterocycles. The van der Waals surface area contributed by atoms with Gasteiger partial charge < -0.3 is 14.6 Å². The Kier molecular flexibility index (Phi) is 6.17. The number of carboxylic acids is 1. The second kappa shape index (κ2) is 8.45. The highest BCUT2D eigenvalue weighted by Crippen LogP contribution is 2.33. The quantitative estimate of drug-likeness (QED) is 0.696. The number of carboxylic acid groups (broad SMARTS) is 1. The van der Waals surface area contributed by atoms with E-state index in [9.17, 15) is 14.7 Å². The van der Waals surface area contributed by atoms with E-state index in [4.69, 9.17) is 9.47 Å². The fourth-order valence-corrected chi connectivity index (χ4v) is 3.70. The average molecular weight is 462 g/mol. The number of ether oxygens (including phenoxy) is 2. The number of carbonyl (C=O) groups is 2. The minimum atomic E-state index is -1.07. The SMILES string of the molecule is CC(C)(C)OC(=O)N1CC(Oc2ccc(-c3ccccc3)cc2Br)CC1C(=O)O. The first kappa shape index (κ1) is 21.2. The Morgan fingerprint density at radius 2 is 1.79 bits per heavy atom. The molecule has 0 saturated carbocycles. The van der Waals surface area contributed by atoms with E-state index in [-0.39, 0.29) is 13.0 Å². The molecular formula is C22H24BrNO5. The third kappa shape index (κ3) is 5.29. The molecule has 6 nitrogen and oxygen atoms in total. The fraction of sp³-hybridized carbons (Fsp3) is 0.364. The zero-order chi connectivity index (χ0) is 21.2. The van der Waals surface area contributed by atoms with Crippen LogP contribution in [0.25, 0.3) is 11.1 Å². The molecule has 0 bridgehead atoms. The van der Waals surface area contributed by atoms with Gasteiger partial charge >= 0.3 is 12.1 Å². The van der Waals surface area contributed by atoms with Crippen LogP contribution in [0.15, 0.2) is 53.0 Å². The van der Waals surface area contributed by atoms with E-state index in [1.54, 1.807) is 20.8 Å². The van der Waals surface area contributed by atoms with E-state index < -0.39 is 29.8 Å². The highest BCUT2D eigenvalue weighted by atomic mass is 79.9. The number of halogens is 1. The fourth-order valence-electron chi connectivity index (χ4n) is 3.23. The number of likely N-dealkylation sites (tertiary alicyclic amines) is 1. The molecule has 154 valence electrons. The predicted molar refractivity (Wildman–Crippen MR) is 113 cm³/mol. The molecule has 0 aromatic heterocycles. The maximum atomic E-state index is 12.4. The Morgan fingerprint density at radius 3 is 2.38 bits per heavy atom. The van der Waals surface area contributed by atoms with Crippen LogP contribution in [0.2, 0.25) is 0 Å². The van der Waals surface area contributed by atoms with Crippen molar-refractivity contribution in [2.75, 3.05) is 6.54 Å². The molecule has 1 amide bonds. The summed E-state index contributed by atoms with van der Waals surface area (Å²) in [6.07, 6.45) is -0.890. The van der Waals surface area contributed by atoms with E-state index in [1.165, 1.54) is 4.90 Å². The Morgan fingerprint density at radius 1 is 1.10 bits per heavy atom. The lowest BCUT2D eigenvalue weighted by Crippen LogP contribution is -2.43. The third-order valence-electron chi connectivity index (χ3n) is 4.51. The molecule has 2 atom stereocenters. The Hall–Kier alpha value is -2.54. The molecule has 2 aromatic rings. The summed E-state index contributed by atoms with van der Waals surface area (Å²) in [5, 5.41) is 9.52. The summed E-state index contributed by atoms with van der Waals surface area (Å²) in [7, 11) is 0. The zero-order valence-electron chi connectivity index (χ0n) is 16.6. The van der Waals surface area contributed by atoms with Crippen LogP contribution in [0.1, 0.15) is 27.2 Å². The van der Waals surface area contributed by atoms with Crippen LogP contribution in [0.4, 0.5) is 4.79 Å².